The number of nitrogens with zero attached hydrogens (tertiary/aromatic N) is 1. The normalized spacial score (nSPS) is 11.8. The summed E-state index contributed by atoms with van der Waals surface area (Å²) in [5, 5.41) is 9.19. The number of alkyl halides is 3. The molecule has 0 saturated heterocycles. The van der Waals surface area contributed by atoms with Crippen molar-refractivity contribution in [2.75, 3.05) is 6.61 Å². The van der Waals surface area contributed by atoms with E-state index in [1.807, 2.05) is 0 Å². The smallest absolute Gasteiger partial charge is 0.431 e. The Morgan fingerprint density at radius 1 is 1.20 bits per heavy atom. The maximum atomic E-state index is 12.9. The molecule has 0 aliphatic rings. The molecule has 2 rings (SSSR count). The maximum absolute atomic E-state index is 12.9. The average Bonchev–Trinajstić information content (AvgIpc) is 2.81. The van der Waals surface area contributed by atoms with Crippen LogP contribution in [0.15, 0.2) is 28.7 Å². The molecule has 3 nitrogen and oxygen atoms in total. The minimum Gasteiger partial charge on any atom is -0.431 e. The average molecular weight is 306 g/mol. The molecule has 1 aromatic heterocycles. The number of aliphatic hydroxyl groups is 1. The van der Waals surface area contributed by atoms with Crippen molar-refractivity contribution < 1.29 is 22.7 Å². The Hall–Kier alpha value is -1.53. The summed E-state index contributed by atoms with van der Waals surface area (Å²) in [6.07, 6.45) is -4.42. The summed E-state index contributed by atoms with van der Waals surface area (Å²) in [5.41, 5.74) is 0.214. The van der Waals surface area contributed by atoms with Gasteiger partial charge >= 0.3 is 6.18 Å². The summed E-state index contributed by atoms with van der Waals surface area (Å²) in [6, 6.07) is 6.15. The van der Waals surface area contributed by atoms with E-state index in [2.05, 4.69) is 4.98 Å². The molecule has 0 amide bonds. The van der Waals surface area contributed by atoms with E-state index >= 15 is 0 Å². The molecule has 0 aliphatic carbocycles. The van der Waals surface area contributed by atoms with Gasteiger partial charge in [0, 0.05) is 17.2 Å². The first kappa shape index (κ1) is 14.9. The third-order valence-electron chi connectivity index (χ3n) is 2.62. The molecular formula is C13H11ClF3NO2. The van der Waals surface area contributed by atoms with Gasteiger partial charge in [0.25, 0.3) is 0 Å². The van der Waals surface area contributed by atoms with Gasteiger partial charge in [-0.15, -0.1) is 0 Å². The van der Waals surface area contributed by atoms with E-state index in [9.17, 15) is 13.2 Å². The molecule has 0 atom stereocenters. The Labute approximate surface area is 118 Å². The SMILES string of the molecule is OCCCc1nc(-c2ccc(Cl)cc2)oc1C(F)(F)F. The zero-order chi connectivity index (χ0) is 14.8. The second-order valence-electron chi connectivity index (χ2n) is 4.13. The number of hydrogen-bond acceptors (Lipinski definition) is 3. The van der Waals surface area contributed by atoms with Crippen LogP contribution >= 0.6 is 11.6 Å². The number of aliphatic hydroxyl groups excluding tert-OH is 1. The monoisotopic (exact) mass is 305 g/mol. The number of halogens is 4. The van der Waals surface area contributed by atoms with Gasteiger partial charge < -0.3 is 9.52 Å². The van der Waals surface area contributed by atoms with Crippen LogP contribution < -0.4 is 0 Å². The molecule has 1 heterocycles. The molecule has 0 saturated carbocycles. The third kappa shape index (κ3) is 3.32. The topological polar surface area (TPSA) is 46.3 Å². The molecule has 1 aromatic carbocycles. The van der Waals surface area contributed by atoms with Gasteiger partial charge in [0.1, 0.15) is 0 Å². The Bertz CT molecular complexity index is 578. The molecule has 7 heteroatoms. The van der Waals surface area contributed by atoms with Crippen molar-refractivity contribution in [1.29, 1.82) is 0 Å². The Morgan fingerprint density at radius 3 is 2.40 bits per heavy atom. The van der Waals surface area contributed by atoms with Crippen LogP contribution in [0.25, 0.3) is 11.5 Å². The van der Waals surface area contributed by atoms with Crippen molar-refractivity contribution >= 4 is 11.6 Å². The first-order valence-electron chi connectivity index (χ1n) is 5.85. The van der Waals surface area contributed by atoms with Crippen LogP contribution in [0.1, 0.15) is 17.9 Å². The lowest BCUT2D eigenvalue weighted by Crippen LogP contribution is -2.07. The highest BCUT2D eigenvalue weighted by Crippen LogP contribution is 2.35. The Kier molecular flexibility index (Phi) is 4.35. The molecular weight excluding hydrogens is 295 g/mol. The number of hydrogen-bond donors (Lipinski definition) is 1. The predicted molar refractivity (Wildman–Crippen MR) is 67.4 cm³/mol. The molecule has 0 aliphatic heterocycles. The summed E-state index contributed by atoms with van der Waals surface area (Å²) >= 11 is 5.72. The largest absolute Gasteiger partial charge is 0.451 e. The number of aromatic nitrogens is 1. The number of aryl methyl sites for hydroxylation is 1. The minimum atomic E-state index is -4.61. The van der Waals surface area contributed by atoms with Crippen molar-refractivity contribution in [3.63, 3.8) is 0 Å². The molecule has 0 radical (unpaired) electrons. The number of oxazole rings is 1. The minimum absolute atomic E-state index is 0.00241. The summed E-state index contributed by atoms with van der Waals surface area (Å²) in [6.45, 7) is -0.208. The Balaban J connectivity index is 2.40. The standard InChI is InChI=1S/C13H11ClF3NO2/c14-9-5-3-8(4-6-9)12-18-10(2-1-7-19)11(20-12)13(15,16)17/h3-6,19H,1-2,7H2. The summed E-state index contributed by atoms with van der Waals surface area (Å²) in [7, 11) is 0. The summed E-state index contributed by atoms with van der Waals surface area (Å²) < 4.78 is 43.4. The second-order valence-corrected chi connectivity index (χ2v) is 4.56. The van der Waals surface area contributed by atoms with E-state index in [1.165, 1.54) is 12.1 Å². The zero-order valence-electron chi connectivity index (χ0n) is 10.2. The maximum Gasteiger partial charge on any atom is 0.451 e. The Morgan fingerprint density at radius 2 is 1.85 bits per heavy atom. The van der Waals surface area contributed by atoms with Crippen molar-refractivity contribution in [3.8, 4) is 11.5 Å². The van der Waals surface area contributed by atoms with Gasteiger partial charge in [0.2, 0.25) is 11.7 Å². The van der Waals surface area contributed by atoms with Crippen LogP contribution in [0.3, 0.4) is 0 Å². The van der Waals surface area contributed by atoms with Gasteiger partial charge in [0.15, 0.2) is 0 Å². The van der Waals surface area contributed by atoms with E-state index in [1.54, 1.807) is 12.1 Å². The molecule has 0 spiro atoms. The molecule has 1 N–H and O–H groups in total. The zero-order valence-corrected chi connectivity index (χ0v) is 11.0. The fourth-order valence-corrected chi connectivity index (χ4v) is 1.83. The highest BCUT2D eigenvalue weighted by Gasteiger charge is 2.39. The van der Waals surface area contributed by atoms with Gasteiger partial charge in [-0.1, -0.05) is 11.6 Å². The van der Waals surface area contributed by atoms with Gasteiger partial charge in [-0.25, -0.2) is 4.98 Å². The van der Waals surface area contributed by atoms with E-state index in [-0.39, 0.29) is 31.0 Å². The van der Waals surface area contributed by atoms with Crippen molar-refractivity contribution in [2.24, 2.45) is 0 Å². The van der Waals surface area contributed by atoms with Crippen LogP contribution in [0.4, 0.5) is 13.2 Å². The highest BCUT2D eigenvalue weighted by molar-refractivity contribution is 6.30. The molecule has 0 bridgehead atoms. The second kappa shape index (κ2) is 5.85. The number of benzene rings is 1. The fourth-order valence-electron chi connectivity index (χ4n) is 1.71. The van der Waals surface area contributed by atoms with Gasteiger partial charge in [0.05, 0.1) is 5.69 Å². The van der Waals surface area contributed by atoms with Crippen LogP contribution in [0, 0.1) is 0 Å². The van der Waals surface area contributed by atoms with E-state index in [4.69, 9.17) is 21.1 Å². The first-order valence-corrected chi connectivity index (χ1v) is 6.23. The van der Waals surface area contributed by atoms with Crippen molar-refractivity contribution in [3.05, 3.63) is 40.7 Å². The van der Waals surface area contributed by atoms with E-state index in [0.29, 0.717) is 10.6 Å². The van der Waals surface area contributed by atoms with Crippen LogP contribution in [0.5, 0.6) is 0 Å². The lowest BCUT2D eigenvalue weighted by atomic mass is 10.2. The third-order valence-corrected chi connectivity index (χ3v) is 2.87. The first-order chi connectivity index (χ1) is 9.41. The molecule has 0 unspecified atom stereocenters. The van der Waals surface area contributed by atoms with Gasteiger partial charge in [-0.05, 0) is 37.1 Å². The molecule has 2 aromatic rings. The number of rotatable bonds is 4. The van der Waals surface area contributed by atoms with Crippen molar-refractivity contribution in [1.82, 2.24) is 4.98 Å². The van der Waals surface area contributed by atoms with Gasteiger partial charge in [-0.2, -0.15) is 13.2 Å². The van der Waals surface area contributed by atoms with Crippen LogP contribution in [-0.2, 0) is 12.6 Å². The highest BCUT2D eigenvalue weighted by atomic mass is 35.5. The van der Waals surface area contributed by atoms with Crippen LogP contribution in [-0.4, -0.2) is 16.7 Å². The molecule has 108 valence electrons. The quantitative estimate of drug-likeness (QED) is 0.930. The molecule has 20 heavy (non-hydrogen) atoms. The summed E-state index contributed by atoms with van der Waals surface area (Å²) in [4.78, 5) is 3.87. The van der Waals surface area contributed by atoms with Crippen LogP contribution in [0.2, 0.25) is 5.02 Å². The fraction of sp³-hybridized carbons (Fsp3) is 0.308. The van der Waals surface area contributed by atoms with E-state index in [0.717, 1.165) is 0 Å². The summed E-state index contributed by atoms with van der Waals surface area (Å²) in [5.74, 6) is -1.22. The lowest BCUT2D eigenvalue weighted by molar-refractivity contribution is -0.153. The lowest BCUT2D eigenvalue weighted by Gasteiger charge is -2.03. The molecule has 0 fully saturated rings. The predicted octanol–water partition coefficient (Wildman–Crippen LogP) is 3.94. The van der Waals surface area contributed by atoms with Gasteiger partial charge in [-0.3, -0.25) is 0 Å². The van der Waals surface area contributed by atoms with E-state index < -0.39 is 11.9 Å². The van der Waals surface area contributed by atoms with Crippen molar-refractivity contribution in [2.45, 2.75) is 19.0 Å².